The van der Waals surface area contributed by atoms with Gasteiger partial charge in [0.15, 0.2) is 11.5 Å². The van der Waals surface area contributed by atoms with E-state index >= 15 is 0 Å². The predicted octanol–water partition coefficient (Wildman–Crippen LogP) is 4.78. The molecule has 0 spiro atoms. The Balaban J connectivity index is 1.64. The lowest BCUT2D eigenvalue weighted by atomic mass is 10.1. The Labute approximate surface area is 189 Å². The molecule has 1 atom stereocenters. The molecule has 0 bridgehead atoms. The number of pyridine rings is 1. The van der Waals surface area contributed by atoms with Crippen molar-refractivity contribution >= 4 is 39.3 Å². The average molecular weight is 473 g/mol. The summed E-state index contributed by atoms with van der Waals surface area (Å²) in [5.41, 5.74) is 0.373. The van der Waals surface area contributed by atoms with Gasteiger partial charge in [0.25, 0.3) is 5.91 Å². The number of hydrogen-bond acceptors (Lipinski definition) is 4. The van der Waals surface area contributed by atoms with E-state index in [-0.39, 0.29) is 17.1 Å². The SMILES string of the molecule is CCCS(=O)Nc1ccc(F)c(C(=O)Nc2cnc3n[nH]c(-c4cccc(F)c4)c3c2)c1F. The van der Waals surface area contributed by atoms with Crippen molar-refractivity contribution in [2.75, 3.05) is 15.8 Å². The van der Waals surface area contributed by atoms with E-state index in [1.54, 1.807) is 6.07 Å². The number of aromatic nitrogens is 3. The third-order valence-electron chi connectivity index (χ3n) is 4.71. The normalized spacial score (nSPS) is 12.0. The van der Waals surface area contributed by atoms with Crippen molar-refractivity contribution in [2.24, 2.45) is 0 Å². The van der Waals surface area contributed by atoms with Crippen molar-refractivity contribution < 1.29 is 22.2 Å². The van der Waals surface area contributed by atoms with Gasteiger partial charge in [-0.25, -0.2) is 22.4 Å². The summed E-state index contributed by atoms with van der Waals surface area (Å²) in [6.07, 6.45) is 1.88. The zero-order valence-electron chi connectivity index (χ0n) is 17.3. The summed E-state index contributed by atoms with van der Waals surface area (Å²) >= 11 is 0. The number of hydrogen-bond donors (Lipinski definition) is 3. The van der Waals surface area contributed by atoms with Gasteiger partial charge in [0, 0.05) is 16.7 Å². The number of carbonyl (C=O) groups is 1. The first-order chi connectivity index (χ1) is 15.9. The van der Waals surface area contributed by atoms with Gasteiger partial charge in [-0.2, -0.15) is 5.10 Å². The van der Waals surface area contributed by atoms with Gasteiger partial charge in [0.2, 0.25) is 0 Å². The maximum absolute atomic E-state index is 14.8. The molecule has 0 aliphatic rings. The Morgan fingerprint density at radius 3 is 2.73 bits per heavy atom. The maximum atomic E-state index is 14.8. The smallest absolute Gasteiger partial charge is 0.261 e. The predicted molar refractivity (Wildman–Crippen MR) is 121 cm³/mol. The summed E-state index contributed by atoms with van der Waals surface area (Å²) in [6, 6.07) is 9.34. The molecule has 3 N–H and O–H groups in total. The van der Waals surface area contributed by atoms with Crippen LogP contribution < -0.4 is 10.0 Å². The number of benzene rings is 2. The van der Waals surface area contributed by atoms with Gasteiger partial charge in [-0.15, -0.1) is 0 Å². The largest absolute Gasteiger partial charge is 0.320 e. The minimum Gasteiger partial charge on any atom is -0.320 e. The van der Waals surface area contributed by atoms with Crippen molar-refractivity contribution in [3.8, 4) is 11.3 Å². The molecule has 2 heterocycles. The fourth-order valence-corrected chi connectivity index (χ4v) is 4.10. The molecule has 33 heavy (non-hydrogen) atoms. The maximum Gasteiger partial charge on any atom is 0.261 e. The van der Waals surface area contributed by atoms with Crippen LogP contribution in [0.4, 0.5) is 24.5 Å². The van der Waals surface area contributed by atoms with Crippen LogP contribution in [0.25, 0.3) is 22.3 Å². The van der Waals surface area contributed by atoms with E-state index in [0.717, 1.165) is 12.1 Å². The van der Waals surface area contributed by atoms with Crippen molar-refractivity contribution in [1.29, 1.82) is 0 Å². The van der Waals surface area contributed by atoms with Gasteiger partial charge < -0.3 is 10.0 Å². The number of anilines is 2. The van der Waals surface area contributed by atoms with E-state index in [2.05, 4.69) is 25.2 Å². The Bertz CT molecular complexity index is 1380. The summed E-state index contributed by atoms with van der Waals surface area (Å²) in [5, 5.41) is 9.73. The average Bonchev–Trinajstić information content (AvgIpc) is 3.19. The number of halogens is 3. The molecule has 4 rings (SSSR count). The molecule has 0 radical (unpaired) electrons. The summed E-state index contributed by atoms with van der Waals surface area (Å²) in [5.74, 6) is -3.45. The number of amides is 1. The molecule has 1 unspecified atom stereocenters. The standard InChI is InChI=1S/C22H18F3N5O2S/c1-2-8-33(32)30-17-7-6-16(24)18(19(17)25)22(31)27-14-10-15-20(28-29-21(15)26-11-14)12-4-3-5-13(23)9-12/h3-7,9-11,30H,2,8H2,1H3,(H,27,31)(H,26,28,29). The topological polar surface area (TPSA) is 99.8 Å². The lowest BCUT2D eigenvalue weighted by molar-refractivity contribution is 0.101. The zero-order chi connectivity index (χ0) is 23.5. The first kappa shape index (κ1) is 22.5. The van der Waals surface area contributed by atoms with Crippen LogP contribution in [0.2, 0.25) is 0 Å². The van der Waals surface area contributed by atoms with Gasteiger partial charge in [0.1, 0.15) is 28.2 Å². The van der Waals surface area contributed by atoms with E-state index in [0.29, 0.717) is 28.7 Å². The highest BCUT2D eigenvalue weighted by molar-refractivity contribution is 7.86. The summed E-state index contributed by atoms with van der Waals surface area (Å²) < 4.78 is 57.1. The number of carbonyl (C=O) groups excluding carboxylic acids is 1. The molecule has 0 fully saturated rings. The second-order valence-electron chi connectivity index (χ2n) is 7.09. The Morgan fingerprint density at radius 2 is 1.97 bits per heavy atom. The molecule has 11 heteroatoms. The number of nitrogens with one attached hydrogen (secondary N) is 3. The van der Waals surface area contributed by atoms with Gasteiger partial charge in [-0.05, 0) is 36.8 Å². The van der Waals surface area contributed by atoms with Crippen LogP contribution in [-0.4, -0.2) is 31.1 Å². The van der Waals surface area contributed by atoms with Crippen LogP contribution >= 0.6 is 0 Å². The molecule has 1 amide bonds. The number of rotatable bonds is 7. The van der Waals surface area contributed by atoms with Crippen LogP contribution in [-0.2, 0) is 11.0 Å². The molecule has 0 saturated carbocycles. The van der Waals surface area contributed by atoms with Crippen molar-refractivity contribution in [3.63, 3.8) is 0 Å². The van der Waals surface area contributed by atoms with Gasteiger partial charge in [-0.1, -0.05) is 19.1 Å². The lowest BCUT2D eigenvalue weighted by Gasteiger charge is -2.11. The summed E-state index contributed by atoms with van der Waals surface area (Å²) in [4.78, 5) is 16.8. The molecule has 2 aromatic heterocycles. The van der Waals surface area contributed by atoms with Crippen molar-refractivity contribution in [3.05, 3.63) is 71.7 Å². The number of aromatic amines is 1. The molecular formula is C22H18F3N5O2S. The van der Waals surface area contributed by atoms with Crippen LogP contribution in [0.3, 0.4) is 0 Å². The fraction of sp³-hybridized carbons (Fsp3) is 0.136. The number of nitrogens with zero attached hydrogens (tertiary/aromatic N) is 2. The Morgan fingerprint density at radius 1 is 1.15 bits per heavy atom. The molecule has 0 aliphatic heterocycles. The number of fused-ring (bicyclic) bond motifs is 1. The van der Waals surface area contributed by atoms with E-state index < -0.39 is 39.9 Å². The molecule has 0 aliphatic carbocycles. The minimum atomic E-state index is -1.57. The Kier molecular flexibility index (Phi) is 6.40. The lowest BCUT2D eigenvalue weighted by Crippen LogP contribution is -2.18. The van der Waals surface area contributed by atoms with Gasteiger partial charge in [-0.3, -0.25) is 9.89 Å². The quantitative estimate of drug-likeness (QED) is 0.360. The zero-order valence-corrected chi connectivity index (χ0v) is 18.1. The molecular weight excluding hydrogens is 455 g/mol. The van der Waals surface area contributed by atoms with Crippen LogP contribution in [0.15, 0.2) is 48.7 Å². The second-order valence-corrected chi connectivity index (χ2v) is 8.40. The molecule has 4 aromatic rings. The highest BCUT2D eigenvalue weighted by atomic mass is 32.2. The second kappa shape index (κ2) is 9.41. The van der Waals surface area contributed by atoms with Crippen molar-refractivity contribution in [2.45, 2.75) is 13.3 Å². The summed E-state index contributed by atoms with van der Waals surface area (Å²) in [6.45, 7) is 1.81. The van der Waals surface area contributed by atoms with Crippen LogP contribution in [0.1, 0.15) is 23.7 Å². The van der Waals surface area contributed by atoms with Crippen LogP contribution in [0.5, 0.6) is 0 Å². The van der Waals surface area contributed by atoms with E-state index in [9.17, 15) is 22.2 Å². The summed E-state index contributed by atoms with van der Waals surface area (Å²) in [7, 11) is -1.57. The fourth-order valence-electron chi connectivity index (χ4n) is 3.22. The van der Waals surface area contributed by atoms with E-state index in [1.807, 2.05) is 6.92 Å². The Hall–Kier alpha value is -3.73. The third kappa shape index (κ3) is 4.72. The van der Waals surface area contributed by atoms with Crippen molar-refractivity contribution in [1.82, 2.24) is 15.2 Å². The van der Waals surface area contributed by atoms with E-state index in [4.69, 9.17) is 0 Å². The van der Waals surface area contributed by atoms with Gasteiger partial charge in [0.05, 0.1) is 23.3 Å². The monoisotopic (exact) mass is 473 g/mol. The first-order valence-electron chi connectivity index (χ1n) is 9.91. The molecule has 170 valence electrons. The highest BCUT2D eigenvalue weighted by Gasteiger charge is 2.22. The molecule has 0 saturated heterocycles. The van der Waals surface area contributed by atoms with Crippen LogP contribution in [0, 0.1) is 17.5 Å². The van der Waals surface area contributed by atoms with E-state index in [1.165, 1.54) is 30.5 Å². The highest BCUT2D eigenvalue weighted by Crippen LogP contribution is 2.28. The number of H-pyrrole nitrogens is 1. The minimum absolute atomic E-state index is 0.151. The molecule has 2 aromatic carbocycles. The van der Waals surface area contributed by atoms with Gasteiger partial charge >= 0.3 is 0 Å². The first-order valence-corrected chi connectivity index (χ1v) is 11.2. The third-order valence-corrected chi connectivity index (χ3v) is 5.94. The molecule has 7 nitrogen and oxygen atoms in total.